The number of nitrogens with zero attached hydrogens (tertiary/aromatic N) is 1. The van der Waals surface area contributed by atoms with Crippen molar-refractivity contribution < 1.29 is 13.2 Å². The number of sulfone groups is 1. The van der Waals surface area contributed by atoms with Crippen molar-refractivity contribution in [3.8, 4) is 5.75 Å². The number of aryl methyl sites for hydroxylation is 1. The molecular formula is C18H18N2O3S. The van der Waals surface area contributed by atoms with E-state index in [1.807, 2.05) is 31.2 Å². The molecule has 1 aromatic heterocycles. The van der Waals surface area contributed by atoms with Crippen molar-refractivity contribution in [2.45, 2.75) is 11.8 Å². The fraction of sp³-hybridized carbons (Fsp3) is 0.167. The molecule has 0 aliphatic heterocycles. The number of nitrogens with one attached hydrogen (secondary N) is 1. The molecule has 0 aliphatic carbocycles. The lowest BCUT2D eigenvalue weighted by atomic mass is 10.1. The van der Waals surface area contributed by atoms with Crippen LogP contribution in [0.2, 0.25) is 0 Å². The van der Waals surface area contributed by atoms with Gasteiger partial charge in [0.2, 0.25) is 0 Å². The van der Waals surface area contributed by atoms with Gasteiger partial charge in [0.05, 0.1) is 17.5 Å². The molecular weight excluding hydrogens is 324 g/mol. The molecule has 0 radical (unpaired) electrons. The Labute approximate surface area is 141 Å². The van der Waals surface area contributed by atoms with Crippen LogP contribution in [-0.2, 0) is 9.84 Å². The second-order valence-electron chi connectivity index (χ2n) is 5.62. The minimum absolute atomic E-state index is 0.271. The lowest BCUT2D eigenvalue weighted by Crippen LogP contribution is -1.99. The van der Waals surface area contributed by atoms with Crippen molar-refractivity contribution in [2.75, 3.05) is 18.7 Å². The molecule has 0 bridgehead atoms. The molecule has 0 aliphatic rings. The second-order valence-corrected chi connectivity index (χ2v) is 7.63. The number of pyridine rings is 1. The number of hydrogen-bond acceptors (Lipinski definition) is 5. The van der Waals surface area contributed by atoms with Crippen molar-refractivity contribution in [1.29, 1.82) is 0 Å². The zero-order chi connectivity index (χ0) is 17.3. The minimum atomic E-state index is -3.28. The molecule has 0 saturated heterocycles. The quantitative estimate of drug-likeness (QED) is 0.783. The summed E-state index contributed by atoms with van der Waals surface area (Å²) in [6.45, 7) is 1.98. The van der Waals surface area contributed by atoms with Gasteiger partial charge in [0.25, 0.3) is 0 Å². The van der Waals surface area contributed by atoms with Gasteiger partial charge in [-0.1, -0.05) is 6.07 Å². The standard InChI is InChI=1S/C18H18N2O3S/c1-12-4-5-13(10-18(12)23-2)20-17-8-9-19-16-7-6-14(11-15(16)17)24(3,21)22/h4-11H,1-3H3,(H,19,20). The fourth-order valence-corrected chi connectivity index (χ4v) is 3.17. The van der Waals surface area contributed by atoms with E-state index >= 15 is 0 Å². The summed E-state index contributed by atoms with van der Waals surface area (Å²) in [7, 11) is -1.64. The maximum atomic E-state index is 11.8. The van der Waals surface area contributed by atoms with Gasteiger partial charge in [-0.05, 0) is 42.8 Å². The number of hydrogen-bond donors (Lipinski definition) is 1. The maximum Gasteiger partial charge on any atom is 0.175 e. The molecule has 124 valence electrons. The van der Waals surface area contributed by atoms with E-state index in [4.69, 9.17) is 4.74 Å². The lowest BCUT2D eigenvalue weighted by molar-refractivity contribution is 0.412. The van der Waals surface area contributed by atoms with Gasteiger partial charge in [-0.25, -0.2) is 8.42 Å². The van der Waals surface area contributed by atoms with Gasteiger partial charge in [-0.15, -0.1) is 0 Å². The van der Waals surface area contributed by atoms with Crippen LogP contribution >= 0.6 is 0 Å². The summed E-state index contributed by atoms with van der Waals surface area (Å²) in [5.41, 5.74) is 3.42. The van der Waals surface area contributed by atoms with Crippen LogP contribution in [0.25, 0.3) is 10.9 Å². The molecule has 3 rings (SSSR count). The van der Waals surface area contributed by atoms with Gasteiger partial charge in [-0.3, -0.25) is 4.98 Å². The van der Waals surface area contributed by atoms with E-state index in [-0.39, 0.29) is 4.90 Å². The monoisotopic (exact) mass is 342 g/mol. The number of aromatic nitrogens is 1. The van der Waals surface area contributed by atoms with E-state index in [9.17, 15) is 8.42 Å². The van der Waals surface area contributed by atoms with Gasteiger partial charge in [0.15, 0.2) is 9.84 Å². The van der Waals surface area contributed by atoms with E-state index in [1.54, 1.807) is 31.5 Å². The summed E-state index contributed by atoms with van der Waals surface area (Å²) in [5.74, 6) is 0.787. The van der Waals surface area contributed by atoms with Gasteiger partial charge >= 0.3 is 0 Å². The summed E-state index contributed by atoms with van der Waals surface area (Å²) < 4.78 is 29.0. The molecule has 24 heavy (non-hydrogen) atoms. The van der Waals surface area contributed by atoms with Crippen LogP contribution in [0.1, 0.15) is 5.56 Å². The third kappa shape index (κ3) is 3.19. The Hall–Kier alpha value is -2.60. The number of benzene rings is 2. The third-order valence-electron chi connectivity index (χ3n) is 3.83. The largest absolute Gasteiger partial charge is 0.496 e. The molecule has 6 heteroatoms. The summed E-state index contributed by atoms with van der Waals surface area (Å²) >= 11 is 0. The van der Waals surface area contributed by atoms with Gasteiger partial charge < -0.3 is 10.1 Å². The first-order chi connectivity index (χ1) is 11.4. The number of methoxy groups -OCH3 is 1. The van der Waals surface area contributed by atoms with E-state index in [1.165, 1.54) is 6.26 Å². The maximum absolute atomic E-state index is 11.8. The first-order valence-corrected chi connectivity index (χ1v) is 9.28. The van der Waals surface area contributed by atoms with Crippen LogP contribution in [0.5, 0.6) is 5.75 Å². The van der Waals surface area contributed by atoms with E-state index < -0.39 is 9.84 Å². The molecule has 0 amide bonds. The van der Waals surface area contributed by atoms with Crippen LogP contribution in [0, 0.1) is 6.92 Å². The minimum Gasteiger partial charge on any atom is -0.496 e. The van der Waals surface area contributed by atoms with Crippen LogP contribution in [0.3, 0.4) is 0 Å². The Morgan fingerprint density at radius 3 is 2.58 bits per heavy atom. The Bertz CT molecular complexity index is 1010. The van der Waals surface area contributed by atoms with Crippen molar-refractivity contribution in [3.05, 3.63) is 54.2 Å². The molecule has 0 atom stereocenters. The first-order valence-electron chi connectivity index (χ1n) is 7.39. The highest BCUT2D eigenvalue weighted by Gasteiger charge is 2.11. The SMILES string of the molecule is COc1cc(Nc2ccnc3ccc(S(C)(=O)=O)cc23)ccc1C. The van der Waals surface area contributed by atoms with E-state index in [0.717, 1.165) is 33.6 Å². The van der Waals surface area contributed by atoms with E-state index in [0.29, 0.717) is 0 Å². The predicted molar refractivity (Wildman–Crippen MR) is 95.9 cm³/mol. The molecule has 3 aromatic rings. The van der Waals surface area contributed by atoms with E-state index in [2.05, 4.69) is 10.3 Å². The Morgan fingerprint density at radius 2 is 1.88 bits per heavy atom. The highest BCUT2D eigenvalue weighted by Crippen LogP contribution is 2.29. The Kier molecular flexibility index (Phi) is 4.15. The van der Waals surface area contributed by atoms with Crippen LogP contribution in [-0.4, -0.2) is 26.8 Å². The number of ether oxygens (including phenoxy) is 1. The molecule has 0 spiro atoms. The van der Waals surface area contributed by atoms with Crippen LogP contribution in [0.15, 0.2) is 53.6 Å². The summed E-state index contributed by atoms with van der Waals surface area (Å²) in [6.07, 6.45) is 2.89. The average Bonchev–Trinajstić information content (AvgIpc) is 2.55. The zero-order valence-electron chi connectivity index (χ0n) is 13.7. The highest BCUT2D eigenvalue weighted by atomic mass is 32.2. The highest BCUT2D eigenvalue weighted by molar-refractivity contribution is 7.90. The van der Waals surface area contributed by atoms with Gasteiger partial charge in [0, 0.05) is 35.3 Å². The predicted octanol–water partition coefficient (Wildman–Crippen LogP) is 3.70. The number of rotatable bonds is 4. The van der Waals surface area contributed by atoms with Crippen molar-refractivity contribution in [2.24, 2.45) is 0 Å². The Morgan fingerprint density at radius 1 is 1.08 bits per heavy atom. The summed E-state index contributed by atoms with van der Waals surface area (Å²) in [5, 5.41) is 4.06. The van der Waals surface area contributed by atoms with Crippen LogP contribution in [0.4, 0.5) is 11.4 Å². The fourth-order valence-electron chi connectivity index (χ4n) is 2.52. The topological polar surface area (TPSA) is 68.3 Å². The number of fused-ring (bicyclic) bond motifs is 1. The van der Waals surface area contributed by atoms with Crippen molar-refractivity contribution >= 4 is 32.1 Å². The molecule has 0 saturated carbocycles. The molecule has 2 aromatic carbocycles. The van der Waals surface area contributed by atoms with Crippen LogP contribution < -0.4 is 10.1 Å². The van der Waals surface area contributed by atoms with Gasteiger partial charge in [0.1, 0.15) is 5.75 Å². The van der Waals surface area contributed by atoms with Gasteiger partial charge in [-0.2, -0.15) is 0 Å². The molecule has 0 unspecified atom stereocenters. The normalized spacial score (nSPS) is 11.5. The molecule has 1 N–H and O–H groups in total. The Balaban J connectivity index is 2.09. The second kappa shape index (κ2) is 6.13. The lowest BCUT2D eigenvalue weighted by Gasteiger charge is -2.12. The molecule has 5 nitrogen and oxygen atoms in total. The zero-order valence-corrected chi connectivity index (χ0v) is 14.5. The molecule has 1 heterocycles. The summed E-state index contributed by atoms with van der Waals surface area (Å²) in [6, 6.07) is 12.6. The third-order valence-corrected chi connectivity index (χ3v) is 4.94. The van der Waals surface area contributed by atoms with Crippen molar-refractivity contribution in [1.82, 2.24) is 4.98 Å². The van der Waals surface area contributed by atoms with Crippen molar-refractivity contribution in [3.63, 3.8) is 0 Å². The average molecular weight is 342 g/mol. The summed E-state index contributed by atoms with van der Waals surface area (Å²) in [4.78, 5) is 4.57. The molecule has 0 fully saturated rings. The first kappa shape index (κ1) is 16.3. The number of anilines is 2. The smallest absolute Gasteiger partial charge is 0.175 e.